The van der Waals surface area contributed by atoms with E-state index in [9.17, 15) is 13.6 Å². The van der Waals surface area contributed by atoms with Gasteiger partial charge in [-0.15, -0.1) is 0 Å². The second kappa shape index (κ2) is 8.29. The Morgan fingerprint density at radius 1 is 1.07 bits per heavy atom. The van der Waals surface area contributed by atoms with Gasteiger partial charge in [0.05, 0.1) is 5.69 Å². The number of piperidine rings is 1. The molecular weight excluding hydrogens is 358 g/mol. The zero-order chi connectivity index (χ0) is 20.3. The summed E-state index contributed by atoms with van der Waals surface area (Å²) in [5.74, 6) is -0.888. The van der Waals surface area contributed by atoms with E-state index in [1.807, 2.05) is 0 Å². The van der Waals surface area contributed by atoms with Gasteiger partial charge in [0, 0.05) is 19.2 Å². The van der Waals surface area contributed by atoms with Crippen molar-refractivity contribution in [2.45, 2.75) is 45.4 Å². The van der Waals surface area contributed by atoms with Crippen LogP contribution < -0.4 is 5.32 Å². The summed E-state index contributed by atoms with van der Waals surface area (Å²) >= 11 is 0. The van der Waals surface area contributed by atoms with Crippen molar-refractivity contribution in [2.24, 2.45) is 5.92 Å². The highest BCUT2D eigenvalue weighted by molar-refractivity contribution is 5.89. The molecule has 1 N–H and O–H groups in total. The second-order valence-corrected chi connectivity index (χ2v) is 8.64. The van der Waals surface area contributed by atoms with Crippen LogP contribution in [0.2, 0.25) is 0 Å². The normalized spacial score (nSPS) is 15.5. The van der Waals surface area contributed by atoms with E-state index in [-0.39, 0.29) is 17.1 Å². The molecule has 2 aromatic rings. The number of halogens is 2. The van der Waals surface area contributed by atoms with Crippen molar-refractivity contribution in [3.63, 3.8) is 0 Å². The van der Waals surface area contributed by atoms with Crippen molar-refractivity contribution < 1.29 is 13.6 Å². The minimum Gasteiger partial charge on any atom is -0.325 e. The molecule has 28 heavy (non-hydrogen) atoms. The zero-order valence-electron chi connectivity index (χ0n) is 16.8. The van der Waals surface area contributed by atoms with Crippen LogP contribution in [0.1, 0.15) is 44.7 Å². The first kappa shape index (κ1) is 20.3. The second-order valence-electron chi connectivity index (χ2n) is 8.64. The number of nitrogens with one attached hydrogen (secondary N) is 1. The molecule has 1 aliphatic heterocycles. The minimum absolute atomic E-state index is 0.00691. The number of urea groups is 1. The Balaban J connectivity index is 1.50. The lowest BCUT2D eigenvalue weighted by Crippen LogP contribution is -2.41. The first-order valence-electron chi connectivity index (χ1n) is 9.83. The average molecular weight is 386 g/mol. The van der Waals surface area contributed by atoms with Crippen molar-refractivity contribution in [3.05, 3.63) is 65.2 Å². The first-order chi connectivity index (χ1) is 13.2. The zero-order valence-corrected chi connectivity index (χ0v) is 16.8. The third-order valence-corrected chi connectivity index (χ3v) is 5.42. The summed E-state index contributed by atoms with van der Waals surface area (Å²) in [6.07, 6.45) is 2.84. The molecule has 3 rings (SSSR count). The number of nitrogens with zero attached hydrogens (tertiary/aromatic N) is 1. The van der Waals surface area contributed by atoms with E-state index < -0.39 is 11.6 Å². The number of hydrogen-bond donors (Lipinski definition) is 1. The van der Waals surface area contributed by atoms with Crippen molar-refractivity contribution in [1.82, 2.24) is 4.90 Å². The molecule has 1 aliphatic rings. The maximum atomic E-state index is 13.7. The Kier molecular flexibility index (Phi) is 6.01. The predicted octanol–water partition coefficient (Wildman–Crippen LogP) is 5.75. The molecule has 0 radical (unpaired) electrons. The molecule has 0 bridgehead atoms. The highest BCUT2D eigenvalue weighted by Crippen LogP contribution is 2.26. The number of likely N-dealkylation sites (tertiary alicyclic amines) is 1. The van der Waals surface area contributed by atoms with Gasteiger partial charge in [-0.05, 0) is 53.9 Å². The quantitative estimate of drug-likeness (QED) is 0.716. The Labute approximate surface area is 165 Å². The van der Waals surface area contributed by atoms with E-state index in [2.05, 4.69) is 50.4 Å². The molecule has 0 unspecified atom stereocenters. The monoisotopic (exact) mass is 386 g/mol. The smallest absolute Gasteiger partial charge is 0.321 e. The van der Waals surface area contributed by atoms with E-state index in [1.165, 1.54) is 17.2 Å². The van der Waals surface area contributed by atoms with Gasteiger partial charge in [-0.2, -0.15) is 0 Å². The van der Waals surface area contributed by atoms with Crippen LogP contribution in [0.15, 0.2) is 42.5 Å². The fourth-order valence-corrected chi connectivity index (χ4v) is 3.60. The first-order valence-corrected chi connectivity index (χ1v) is 9.83. The van der Waals surface area contributed by atoms with Crippen molar-refractivity contribution in [1.29, 1.82) is 0 Å². The molecule has 0 spiro atoms. The van der Waals surface area contributed by atoms with Gasteiger partial charge in [0.2, 0.25) is 0 Å². The number of rotatable bonds is 3. The van der Waals surface area contributed by atoms with E-state index in [0.717, 1.165) is 31.4 Å². The van der Waals surface area contributed by atoms with Crippen LogP contribution in [0.3, 0.4) is 0 Å². The molecule has 1 fully saturated rings. The lowest BCUT2D eigenvalue weighted by Gasteiger charge is -2.32. The highest BCUT2D eigenvalue weighted by Gasteiger charge is 2.24. The van der Waals surface area contributed by atoms with Gasteiger partial charge < -0.3 is 10.2 Å². The Morgan fingerprint density at radius 3 is 2.29 bits per heavy atom. The summed E-state index contributed by atoms with van der Waals surface area (Å²) in [4.78, 5) is 14.1. The Morgan fingerprint density at radius 2 is 1.71 bits per heavy atom. The molecule has 3 nitrogen and oxygen atoms in total. The Bertz CT molecular complexity index is 819. The lowest BCUT2D eigenvalue weighted by molar-refractivity contribution is 0.182. The number of amides is 2. The summed E-state index contributed by atoms with van der Waals surface area (Å²) in [5, 5.41) is 2.54. The molecule has 5 heteroatoms. The van der Waals surface area contributed by atoms with Gasteiger partial charge in [0.15, 0.2) is 0 Å². The molecule has 0 saturated carbocycles. The summed E-state index contributed by atoms with van der Waals surface area (Å²) in [6.45, 7) is 7.90. The number of benzene rings is 2. The molecule has 2 aromatic carbocycles. The highest BCUT2D eigenvalue weighted by atomic mass is 19.1. The molecule has 1 heterocycles. The van der Waals surface area contributed by atoms with E-state index in [0.29, 0.717) is 19.0 Å². The minimum atomic E-state index is -0.762. The number of carbonyl (C=O) groups excluding carboxylic acids is 1. The van der Waals surface area contributed by atoms with Crippen molar-refractivity contribution in [2.75, 3.05) is 18.4 Å². The molecule has 1 saturated heterocycles. The SMILES string of the molecule is CC(C)(C)c1ccc(CC2CCN(C(=O)Nc3ccc(F)cc3F)CC2)cc1. The largest absolute Gasteiger partial charge is 0.325 e. The number of carbonyl (C=O) groups is 1. The third kappa shape index (κ3) is 5.09. The van der Waals surface area contributed by atoms with Crippen molar-refractivity contribution in [3.8, 4) is 0 Å². The van der Waals surface area contributed by atoms with Gasteiger partial charge in [0.1, 0.15) is 11.6 Å². The maximum Gasteiger partial charge on any atom is 0.321 e. The third-order valence-electron chi connectivity index (χ3n) is 5.42. The van der Waals surface area contributed by atoms with Gasteiger partial charge in [0.25, 0.3) is 0 Å². The summed E-state index contributed by atoms with van der Waals surface area (Å²) in [7, 11) is 0. The average Bonchev–Trinajstić information content (AvgIpc) is 2.64. The van der Waals surface area contributed by atoms with Crippen LogP contribution in [0.5, 0.6) is 0 Å². The van der Waals surface area contributed by atoms with E-state index in [4.69, 9.17) is 0 Å². The van der Waals surface area contributed by atoms with E-state index in [1.54, 1.807) is 4.90 Å². The van der Waals surface area contributed by atoms with Crippen molar-refractivity contribution >= 4 is 11.7 Å². The van der Waals surface area contributed by atoms with Crippen LogP contribution in [-0.2, 0) is 11.8 Å². The molecule has 0 atom stereocenters. The Hall–Kier alpha value is -2.43. The molecule has 2 amide bonds. The fraction of sp³-hybridized carbons (Fsp3) is 0.435. The maximum absolute atomic E-state index is 13.7. The van der Waals surface area contributed by atoms with Crippen LogP contribution in [-0.4, -0.2) is 24.0 Å². The van der Waals surface area contributed by atoms with Gasteiger partial charge in [-0.25, -0.2) is 13.6 Å². The summed E-state index contributed by atoms with van der Waals surface area (Å²) in [6, 6.07) is 11.6. The molecule has 0 aliphatic carbocycles. The van der Waals surface area contributed by atoms with Gasteiger partial charge in [-0.3, -0.25) is 0 Å². The summed E-state index contributed by atoms with van der Waals surface area (Å²) in [5.41, 5.74) is 2.81. The van der Waals surface area contributed by atoms with Crippen LogP contribution >= 0.6 is 0 Å². The molecule has 0 aromatic heterocycles. The van der Waals surface area contributed by atoms with E-state index >= 15 is 0 Å². The topological polar surface area (TPSA) is 32.3 Å². The van der Waals surface area contributed by atoms with Crippen LogP contribution in [0.25, 0.3) is 0 Å². The van der Waals surface area contributed by atoms with Crippen LogP contribution in [0, 0.1) is 17.6 Å². The fourth-order valence-electron chi connectivity index (χ4n) is 3.60. The lowest BCUT2D eigenvalue weighted by atomic mass is 9.85. The number of hydrogen-bond acceptors (Lipinski definition) is 1. The van der Waals surface area contributed by atoms with Crippen LogP contribution in [0.4, 0.5) is 19.3 Å². The standard InChI is InChI=1S/C23H28F2N2O/c1-23(2,3)18-6-4-16(5-7-18)14-17-10-12-27(13-11-17)22(28)26-21-9-8-19(24)15-20(21)25/h4-9,15,17H,10-14H2,1-3H3,(H,26,28). The molecular formula is C23H28F2N2O. The van der Waals surface area contributed by atoms with Gasteiger partial charge >= 0.3 is 6.03 Å². The predicted molar refractivity (Wildman–Crippen MR) is 109 cm³/mol. The molecule has 150 valence electrons. The summed E-state index contributed by atoms with van der Waals surface area (Å²) < 4.78 is 26.7. The van der Waals surface area contributed by atoms with Gasteiger partial charge in [-0.1, -0.05) is 45.0 Å². The number of anilines is 1.